The molecule has 0 bridgehead atoms. The van der Waals surface area contributed by atoms with Crippen LogP contribution in [-0.2, 0) is 0 Å². The third-order valence-electron chi connectivity index (χ3n) is 1.80. The van der Waals surface area contributed by atoms with Crippen molar-refractivity contribution in [2.24, 2.45) is 16.8 Å². The molecule has 0 aromatic heterocycles. The summed E-state index contributed by atoms with van der Waals surface area (Å²) in [7, 11) is 0. The van der Waals surface area contributed by atoms with Crippen molar-refractivity contribution in [2.75, 3.05) is 0 Å². The molecule has 11 heavy (non-hydrogen) atoms. The van der Waals surface area contributed by atoms with Gasteiger partial charge < -0.3 is 5.43 Å². The summed E-state index contributed by atoms with van der Waals surface area (Å²) in [6.45, 7) is 8.59. The normalized spacial score (nSPS) is 24.2. The second-order valence-electron chi connectivity index (χ2n) is 3.63. The molecule has 0 spiro atoms. The van der Waals surface area contributed by atoms with Crippen LogP contribution in [-0.4, -0.2) is 12.0 Å². The van der Waals surface area contributed by atoms with E-state index < -0.39 is 0 Å². The number of hydrogen-bond acceptors (Lipinski definition) is 3. The van der Waals surface area contributed by atoms with Gasteiger partial charge in [-0.3, -0.25) is 4.99 Å². The Morgan fingerprint density at radius 1 is 1.27 bits per heavy atom. The summed E-state index contributed by atoms with van der Waals surface area (Å²) >= 11 is 0. The molecular formula is C8H17N3. The molecule has 2 N–H and O–H groups in total. The van der Waals surface area contributed by atoms with Crippen molar-refractivity contribution in [3.8, 4) is 0 Å². The first-order valence-electron chi connectivity index (χ1n) is 4.20. The Bertz CT molecular complexity index is 161. The van der Waals surface area contributed by atoms with Gasteiger partial charge in [0.1, 0.15) is 12.0 Å². The van der Waals surface area contributed by atoms with Crippen LogP contribution in [0.5, 0.6) is 0 Å². The van der Waals surface area contributed by atoms with E-state index in [0.717, 1.165) is 5.84 Å². The van der Waals surface area contributed by atoms with Crippen LogP contribution >= 0.6 is 0 Å². The van der Waals surface area contributed by atoms with Crippen LogP contribution in [0, 0.1) is 11.8 Å². The zero-order valence-electron chi connectivity index (χ0n) is 7.68. The Labute approximate surface area is 68.3 Å². The Hall–Kier alpha value is -0.570. The van der Waals surface area contributed by atoms with Gasteiger partial charge in [0.05, 0.1) is 0 Å². The molecule has 1 unspecified atom stereocenters. The van der Waals surface area contributed by atoms with Gasteiger partial charge in [-0.25, -0.2) is 5.43 Å². The fourth-order valence-corrected chi connectivity index (χ4v) is 0.971. The lowest BCUT2D eigenvalue weighted by molar-refractivity contribution is 0.424. The lowest BCUT2D eigenvalue weighted by Crippen LogP contribution is -2.38. The number of hydrazine groups is 1. The summed E-state index contributed by atoms with van der Waals surface area (Å²) in [4.78, 5) is 4.48. The molecule has 3 nitrogen and oxygen atoms in total. The number of nitrogens with one attached hydrogen (secondary N) is 2. The van der Waals surface area contributed by atoms with Crippen LogP contribution in [0.4, 0.5) is 0 Å². The first-order chi connectivity index (χ1) is 5.11. The van der Waals surface area contributed by atoms with E-state index >= 15 is 0 Å². The van der Waals surface area contributed by atoms with Crippen LogP contribution in [0.15, 0.2) is 4.99 Å². The van der Waals surface area contributed by atoms with Crippen molar-refractivity contribution in [1.29, 1.82) is 0 Å². The van der Waals surface area contributed by atoms with E-state index in [1.165, 1.54) is 0 Å². The van der Waals surface area contributed by atoms with E-state index in [1.54, 1.807) is 0 Å². The molecule has 0 radical (unpaired) electrons. The van der Waals surface area contributed by atoms with Crippen LogP contribution in [0.1, 0.15) is 27.7 Å². The van der Waals surface area contributed by atoms with E-state index in [0.29, 0.717) is 11.8 Å². The Morgan fingerprint density at radius 3 is 2.18 bits per heavy atom. The summed E-state index contributed by atoms with van der Waals surface area (Å²) in [6.07, 6.45) is 0.257. The fourth-order valence-electron chi connectivity index (χ4n) is 0.971. The zero-order valence-corrected chi connectivity index (χ0v) is 7.68. The minimum absolute atomic E-state index is 0.257. The smallest absolute Gasteiger partial charge is 0.120 e. The van der Waals surface area contributed by atoms with E-state index in [1.807, 2.05) is 0 Å². The summed E-state index contributed by atoms with van der Waals surface area (Å²) in [5.41, 5.74) is 6.22. The minimum atomic E-state index is 0.257. The molecule has 64 valence electrons. The Balaban J connectivity index is 2.54. The lowest BCUT2D eigenvalue weighted by Gasteiger charge is -2.09. The van der Waals surface area contributed by atoms with Crippen molar-refractivity contribution in [3.05, 3.63) is 0 Å². The van der Waals surface area contributed by atoms with Crippen molar-refractivity contribution in [2.45, 2.75) is 33.9 Å². The van der Waals surface area contributed by atoms with Gasteiger partial charge in [0, 0.05) is 5.92 Å². The van der Waals surface area contributed by atoms with Crippen molar-refractivity contribution in [1.82, 2.24) is 10.9 Å². The predicted molar refractivity (Wildman–Crippen MR) is 47.2 cm³/mol. The van der Waals surface area contributed by atoms with E-state index in [2.05, 4.69) is 43.5 Å². The number of aliphatic imine (C=N–C) groups is 1. The summed E-state index contributed by atoms with van der Waals surface area (Å²) in [5.74, 6) is 2.12. The first-order valence-corrected chi connectivity index (χ1v) is 4.20. The van der Waals surface area contributed by atoms with Gasteiger partial charge in [0.15, 0.2) is 0 Å². The molecule has 1 aliphatic heterocycles. The molecule has 0 fully saturated rings. The molecule has 0 aromatic rings. The van der Waals surface area contributed by atoms with E-state index in [-0.39, 0.29) is 6.17 Å². The number of hydrogen-bond donors (Lipinski definition) is 2. The molecule has 0 saturated carbocycles. The van der Waals surface area contributed by atoms with Crippen LogP contribution in [0.3, 0.4) is 0 Å². The average Bonchev–Trinajstić information content (AvgIpc) is 2.33. The topological polar surface area (TPSA) is 36.4 Å². The number of amidine groups is 1. The SMILES string of the molecule is CC(C)C1=NC(C(C)C)NN1. The highest BCUT2D eigenvalue weighted by molar-refractivity contribution is 5.84. The third kappa shape index (κ3) is 1.93. The summed E-state index contributed by atoms with van der Waals surface area (Å²) < 4.78 is 0. The third-order valence-corrected chi connectivity index (χ3v) is 1.80. The van der Waals surface area contributed by atoms with Gasteiger partial charge in [0.25, 0.3) is 0 Å². The second-order valence-corrected chi connectivity index (χ2v) is 3.63. The van der Waals surface area contributed by atoms with Gasteiger partial charge >= 0.3 is 0 Å². The maximum atomic E-state index is 4.48. The van der Waals surface area contributed by atoms with Gasteiger partial charge in [-0.15, -0.1) is 0 Å². The van der Waals surface area contributed by atoms with Gasteiger partial charge in [-0.2, -0.15) is 0 Å². The van der Waals surface area contributed by atoms with Crippen molar-refractivity contribution >= 4 is 5.84 Å². The number of rotatable bonds is 2. The van der Waals surface area contributed by atoms with Crippen LogP contribution < -0.4 is 10.9 Å². The van der Waals surface area contributed by atoms with E-state index in [9.17, 15) is 0 Å². The monoisotopic (exact) mass is 155 g/mol. The Morgan fingerprint density at radius 2 is 1.91 bits per heavy atom. The quantitative estimate of drug-likeness (QED) is 0.627. The molecule has 0 aromatic carbocycles. The summed E-state index contributed by atoms with van der Waals surface area (Å²) in [5, 5.41) is 0. The molecule has 0 aliphatic carbocycles. The van der Waals surface area contributed by atoms with Gasteiger partial charge in [-0.05, 0) is 5.92 Å². The van der Waals surface area contributed by atoms with Crippen molar-refractivity contribution < 1.29 is 0 Å². The maximum absolute atomic E-state index is 4.48. The van der Waals surface area contributed by atoms with Crippen molar-refractivity contribution in [3.63, 3.8) is 0 Å². The number of nitrogens with zero attached hydrogens (tertiary/aromatic N) is 1. The fraction of sp³-hybridized carbons (Fsp3) is 0.875. The van der Waals surface area contributed by atoms with Gasteiger partial charge in [0.2, 0.25) is 0 Å². The second kappa shape index (κ2) is 3.22. The average molecular weight is 155 g/mol. The van der Waals surface area contributed by atoms with Crippen LogP contribution in [0.25, 0.3) is 0 Å². The molecule has 0 saturated heterocycles. The molecule has 1 atom stereocenters. The van der Waals surface area contributed by atoms with Crippen LogP contribution in [0.2, 0.25) is 0 Å². The zero-order chi connectivity index (χ0) is 8.43. The Kier molecular flexibility index (Phi) is 2.49. The molecule has 3 heteroatoms. The largest absolute Gasteiger partial charge is 0.307 e. The summed E-state index contributed by atoms with van der Waals surface area (Å²) in [6, 6.07) is 0. The molecule has 1 rings (SSSR count). The molecule has 1 heterocycles. The standard InChI is InChI=1S/C8H17N3/c1-5(2)7-9-8(6(3)4)11-10-7/h5-7,10H,1-4H3,(H,9,11). The van der Waals surface area contributed by atoms with Gasteiger partial charge in [-0.1, -0.05) is 27.7 Å². The lowest BCUT2D eigenvalue weighted by atomic mass is 10.1. The maximum Gasteiger partial charge on any atom is 0.120 e. The highest BCUT2D eigenvalue weighted by Gasteiger charge is 2.19. The minimum Gasteiger partial charge on any atom is -0.307 e. The predicted octanol–water partition coefficient (Wildman–Crippen LogP) is 1.13. The highest BCUT2D eigenvalue weighted by Crippen LogP contribution is 2.08. The molecule has 1 aliphatic rings. The molecule has 0 amide bonds. The first kappa shape index (κ1) is 8.53. The van der Waals surface area contributed by atoms with E-state index in [4.69, 9.17) is 0 Å². The highest BCUT2D eigenvalue weighted by atomic mass is 15.5. The molecular weight excluding hydrogens is 138 g/mol.